The number of hydrogen-bond acceptors (Lipinski definition) is 6. The minimum Gasteiger partial charge on any atom is -0.368 e. The molecule has 7 heteroatoms. The van der Waals surface area contributed by atoms with E-state index in [1.165, 1.54) is 6.33 Å². The molecular formula is C6H7N7. The van der Waals surface area contributed by atoms with Gasteiger partial charge in [0.05, 0.1) is 6.33 Å². The Balaban J connectivity index is 2.53. The second-order valence-corrected chi connectivity index (χ2v) is 2.33. The molecule has 0 spiro atoms. The summed E-state index contributed by atoms with van der Waals surface area (Å²) < 4.78 is 0. The number of nitrogens with zero attached hydrogens (tertiary/aromatic N) is 4. The van der Waals surface area contributed by atoms with Crippen molar-refractivity contribution in [2.24, 2.45) is 0 Å². The summed E-state index contributed by atoms with van der Waals surface area (Å²) in [5.41, 5.74) is 11.4. The number of rotatable bonds is 1. The minimum absolute atomic E-state index is 0.0884. The van der Waals surface area contributed by atoms with Gasteiger partial charge in [0, 0.05) is 6.20 Å². The van der Waals surface area contributed by atoms with Crippen LogP contribution < -0.4 is 11.5 Å². The van der Waals surface area contributed by atoms with E-state index in [0.717, 1.165) is 0 Å². The summed E-state index contributed by atoms with van der Waals surface area (Å²) in [5.74, 6) is 0.544. The molecule has 0 radical (unpaired) electrons. The van der Waals surface area contributed by atoms with Crippen LogP contribution in [-0.4, -0.2) is 24.9 Å². The Kier molecular flexibility index (Phi) is 1.55. The predicted octanol–water partition coefficient (Wildman–Crippen LogP) is -0.574. The summed E-state index contributed by atoms with van der Waals surface area (Å²) in [4.78, 5) is 18.1. The molecule has 0 amide bonds. The standard InChI is InChI=1S/C6H7N7/c7-5-11-4(12-6(8)13-5)3-1-9-2-10-3/h1-2H,(H,9,10)(H4,7,8,11,12,13). The number of anilines is 2. The van der Waals surface area contributed by atoms with Crippen molar-refractivity contribution in [2.75, 3.05) is 11.5 Å². The Morgan fingerprint density at radius 1 is 1.08 bits per heavy atom. The SMILES string of the molecule is Nc1nc(N)nc(-c2c[nH]cn2)n1. The molecule has 0 aliphatic heterocycles. The first-order valence-corrected chi connectivity index (χ1v) is 3.52. The molecule has 0 aromatic carbocycles. The fraction of sp³-hybridized carbons (Fsp3) is 0. The number of nitrogens with two attached hydrogens (primary N) is 2. The van der Waals surface area contributed by atoms with Crippen molar-refractivity contribution in [3.8, 4) is 11.5 Å². The summed E-state index contributed by atoms with van der Waals surface area (Å²) in [7, 11) is 0. The number of hydrogen-bond donors (Lipinski definition) is 3. The van der Waals surface area contributed by atoms with Crippen molar-refractivity contribution >= 4 is 11.9 Å². The highest BCUT2D eigenvalue weighted by Crippen LogP contribution is 2.11. The highest BCUT2D eigenvalue weighted by atomic mass is 15.1. The van der Waals surface area contributed by atoms with Gasteiger partial charge in [-0.1, -0.05) is 0 Å². The van der Waals surface area contributed by atoms with E-state index in [-0.39, 0.29) is 11.9 Å². The molecule has 2 heterocycles. The van der Waals surface area contributed by atoms with Crippen molar-refractivity contribution in [2.45, 2.75) is 0 Å². The molecule has 7 nitrogen and oxygen atoms in total. The molecular weight excluding hydrogens is 170 g/mol. The van der Waals surface area contributed by atoms with Crippen molar-refractivity contribution in [3.63, 3.8) is 0 Å². The maximum Gasteiger partial charge on any atom is 0.225 e. The summed E-state index contributed by atoms with van der Waals surface area (Å²) in [6.07, 6.45) is 3.17. The van der Waals surface area contributed by atoms with Crippen LogP contribution in [0.3, 0.4) is 0 Å². The second-order valence-electron chi connectivity index (χ2n) is 2.33. The molecule has 2 aromatic heterocycles. The van der Waals surface area contributed by atoms with E-state index in [9.17, 15) is 0 Å². The summed E-state index contributed by atoms with van der Waals surface area (Å²) in [5, 5.41) is 0. The van der Waals surface area contributed by atoms with Crippen LogP contribution in [0.25, 0.3) is 11.5 Å². The summed E-state index contributed by atoms with van der Waals surface area (Å²) >= 11 is 0. The lowest BCUT2D eigenvalue weighted by molar-refractivity contribution is 1.08. The maximum atomic E-state index is 5.39. The molecule has 66 valence electrons. The fourth-order valence-electron chi connectivity index (χ4n) is 0.906. The van der Waals surface area contributed by atoms with Gasteiger partial charge in [0.2, 0.25) is 11.9 Å². The highest BCUT2D eigenvalue weighted by molar-refractivity contribution is 5.50. The molecule has 0 unspecified atom stereocenters. The van der Waals surface area contributed by atoms with Crippen molar-refractivity contribution in [3.05, 3.63) is 12.5 Å². The van der Waals surface area contributed by atoms with Crippen molar-refractivity contribution in [1.29, 1.82) is 0 Å². The van der Waals surface area contributed by atoms with Crippen molar-refractivity contribution in [1.82, 2.24) is 24.9 Å². The highest BCUT2D eigenvalue weighted by Gasteiger charge is 2.05. The molecule has 0 aliphatic rings. The van der Waals surface area contributed by atoms with E-state index in [2.05, 4.69) is 24.9 Å². The van der Waals surface area contributed by atoms with Crippen LogP contribution in [0.5, 0.6) is 0 Å². The molecule has 2 aromatic rings. The van der Waals surface area contributed by atoms with Crippen LogP contribution in [0.15, 0.2) is 12.5 Å². The number of aromatic amines is 1. The van der Waals surface area contributed by atoms with Gasteiger partial charge in [0.1, 0.15) is 5.69 Å². The number of imidazole rings is 1. The smallest absolute Gasteiger partial charge is 0.225 e. The van der Waals surface area contributed by atoms with Crippen LogP contribution in [-0.2, 0) is 0 Å². The third kappa shape index (κ3) is 1.39. The van der Waals surface area contributed by atoms with Crippen LogP contribution >= 0.6 is 0 Å². The Bertz CT molecular complexity index is 387. The Morgan fingerprint density at radius 3 is 2.31 bits per heavy atom. The van der Waals surface area contributed by atoms with Gasteiger partial charge in [-0.25, -0.2) is 4.98 Å². The van der Waals surface area contributed by atoms with Gasteiger partial charge >= 0.3 is 0 Å². The van der Waals surface area contributed by atoms with Crippen LogP contribution in [0.1, 0.15) is 0 Å². The zero-order valence-corrected chi connectivity index (χ0v) is 6.60. The molecule has 0 atom stereocenters. The van der Waals surface area contributed by atoms with E-state index in [1.807, 2.05) is 0 Å². The van der Waals surface area contributed by atoms with Gasteiger partial charge in [-0.2, -0.15) is 15.0 Å². The lowest BCUT2D eigenvalue weighted by Crippen LogP contribution is -2.04. The van der Waals surface area contributed by atoms with Gasteiger partial charge < -0.3 is 16.5 Å². The van der Waals surface area contributed by atoms with E-state index < -0.39 is 0 Å². The van der Waals surface area contributed by atoms with Crippen LogP contribution in [0, 0.1) is 0 Å². The molecule has 0 saturated carbocycles. The Hall–Kier alpha value is -2.18. The zero-order chi connectivity index (χ0) is 9.26. The van der Waals surface area contributed by atoms with Gasteiger partial charge in [0.25, 0.3) is 0 Å². The van der Waals surface area contributed by atoms with E-state index in [1.54, 1.807) is 6.20 Å². The average molecular weight is 177 g/mol. The number of aromatic nitrogens is 5. The molecule has 0 saturated heterocycles. The Labute approximate surface area is 73.3 Å². The van der Waals surface area contributed by atoms with Gasteiger partial charge in [0.15, 0.2) is 5.82 Å². The average Bonchev–Trinajstić information content (AvgIpc) is 2.53. The lowest BCUT2D eigenvalue weighted by Gasteiger charge is -1.97. The quantitative estimate of drug-likeness (QED) is 0.536. The number of nitrogens with one attached hydrogen (secondary N) is 1. The largest absolute Gasteiger partial charge is 0.368 e. The third-order valence-electron chi connectivity index (χ3n) is 1.40. The number of H-pyrrole nitrogens is 1. The minimum atomic E-state index is 0.0884. The maximum absolute atomic E-state index is 5.39. The summed E-state index contributed by atoms with van der Waals surface area (Å²) in [6, 6.07) is 0. The normalized spacial score (nSPS) is 10.2. The first-order valence-electron chi connectivity index (χ1n) is 3.52. The molecule has 13 heavy (non-hydrogen) atoms. The summed E-state index contributed by atoms with van der Waals surface area (Å²) in [6.45, 7) is 0. The first kappa shape index (κ1) is 7.47. The zero-order valence-electron chi connectivity index (χ0n) is 6.60. The third-order valence-corrected chi connectivity index (χ3v) is 1.40. The lowest BCUT2D eigenvalue weighted by atomic mass is 10.4. The number of nitrogen functional groups attached to an aromatic ring is 2. The van der Waals surface area contributed by atoms with Gasteiger partial charge in [-0.15, -0.1) is 0 Å². The van der Waals surface area contributed by atoms with E-state index in [4.69, 9.17) is 11.5 Å². The molecule has 2 rings (SSSR count). The van der Waals surface area contributed by atoms with Crippen LogP contribution in [0.2, 0.25) is 0 Å². The van der Waals surface area contributed by atoms with Gasteiger partial charge in [-0.05, 0) is 0 Å². The second kappa shape index (κ2) is 2.70. The van der Waals surface area contributed by atoms with Gasteiger partial charge in [-0.3, -0.25) is 0 Å². The molecule has 5 N–H and O–H groups in total. The molecule has 0 aliphatic carbocycles. The van der Waals surface area contributed by atoms with E-state index >= 15 is 0 Å². The van der Waals surface area contributed by atoms with E-state index in [0.29, 0.717) is 11.5 Å². The van der Waals surface area contributed by atoms with Crippen LogP contribution in [0.4, 0.5) is 11.9 Å². The van der Waals surface area contributed by atoms with Crippen molar-refractivity contribution < 1.29 is 0 Å². The Morgan fingerprint density at radius 2 is 1.77 bits per heavy atom. The first-order chi connectivity index (χ1) is 6.25. The predicted molar refractivity (Wildman–Crippen MR) is 46.2 cm³/mol. The topological polar surface area (TPSA) is 119 Å². The molecule has 0 fully saturated rings. The monoisotopic (exact) mass is 177 g/mol. The molecule has 0 bridgehead atoms. The fourth-order valence-corrected chi connectivity index (χ4v) is 0.906.